The fourth-order valence-corrected chi connectivity index (χ4v) is 2.66. The van der Waals surface area contributed by atoms with E-state index in [0.29, 0.717) is 0 Å². The van der Waals surface area contributed by atoms with Gasteiger partial charge in [0.2, 0.25) is 0 Å². The van der Waals surface area contributed by atoms with Crippen LogP contribution < -0.4 is 10.2 Å². The minimum Gasteiger partial charge on any atom is -0.366 e. The summed E-state index contributed by atoms with van der Waals surface area (Å²) in [6, 6.07) is 10.4. The molecular formula is C15H20N4. The molecule has 1 aromatic heterocycles. The molecule has 0 radical (unpaired) electrons. The van der Waals surface area contributed by atoms with Crippen molar-refractivity contribution in [2.75, 3.05) is 31.1 Å². The van der Waals surface area contributed by atoms with E-state index in [1.165, 1.54) is 11.4 Å². The van der Waals surface area contributed by atoms with E-state index >= 15 is 0 Å². The summed E-state index contributed by atoms with van der Waals surface area (Å²) in [7, 11) is 0. The number of para-hydroxylation sites is 1. The summed E-state index contributed by atoms with van der Waals surface area (Å²) in [5.74, 6) is 0. The van der Waals surface area contributed by atoms with E-state index < -0.39 is 0 Å². The van der Waals surface area contributed by atoms with E-state index in [1.54, 1.807) is 0 Å². The Hall–Kier alpha value is -1.81. The van der Waals surface area contributed by atoms with Gasteiger partial charge in [0.1, 0.15) is 0 Å². The van der Waals surface area contributed by atoms with E-state index in [2.05, 4.69) is 51.2 Å². The van der Waals surface area contributed by atoms with Crippen molar-refractivity contribution in [2.24, 2.45) is 0 Å². The average molecular weight is 256 g/mol. The quantitative estimate of drug-likeness (QED) is 0.909. The van der Waals surface area contributed by atoms with Crippen LogP contribution in [0.3, 0.4) is 0 Å². The number of hydrogen-bond donors (Lipinski definition) is 1. The molecule has 1 saturated heterocycles. The van der Waals surface area contributed by atoms with Crippen LogP contribution in [0, 0.1) is 0 Å². The molecule has 0 saturated carbocycles. The van der Waals surface area contributed by atoms with E-state index in [4.69, 9.17) is 0 Å². The molecule has 4 heteroatoms. The van der Waals surface area contributed by atoms with E-state index in [0.717, 1.165) is 38.3 Å². The maximum Gasteiger partial charge on any atom is 0.0790 e. The Morgan fingerprint density at radius 1 is 1.16 bits per heavy atom. The van der Waals surface area contributed by atoms with Crippen LogP contribution in [0.5, 0.6) is 0 Å². The zero-order chi connectivity index (χ0) is 13.1. The van der Waals surface area contributed by atoms with Gasteiger partial charge < -0.3 is 10.2 Å². The fourth-order valence-electron chi connectivity index (χ4n) is 2.66. The lowest BCUT2D eigenvalue weighted by Gasteiger charge is -2.29. The molecule has 2 aromatic rings. The first-order valence-corrected chi connectivity index (χ1v) is 6.98. The molecule has 0 aliphatic carbocycles. The highest BCUT2D eigenvalue weighted by molar-refractivity contribution is 5.53. The Morgan fingerprint density at radius 3 is 2.58 bits per heavy atom. The first-order valence-electron chi connectivity index (χ1n) is 6.98. The molecule has 1 aliphatic rings. The van der Waals surface area contributed by atoms with Gasteiger partial charge in [-0.3, -0.25) is 0 Å². The third-order valence-corrected chi connectivity index (χ3v) is 3.64. The first-order chi connectivity index (χ1) is 9.40. The Kier molecular flexibility index (Phi) is 3.51. The van der Waals surface area contributed by atoms with Crippen molar-refractivity contribution in [1.82, 2.24) is 15.1 Å². The van der Waals surface area contributed by atoms with Gasteiger partial charge in [-0.15, -0.1) is 0 Å². The van der Waals surface area contributed by atoms with Gasteiger partial charge in [-0.1, -0.05) is 25.1 Å². The highest BCUT2D eigenvalue weighted by Crippen LogP contribution is 2.24. The maximum atomic E-state index is 4.59. The van der Waals surface area contributed by atoms with Crippen molar-refractivity contribution in [3.8, 4) is 5.69 Å². The molecule has 0 unspecified atom stereocenters. The molecule has 100 valence electrons. The van der Waals surface area contributed by atoms with Crippen LogP contribution in [0.1, 0.15) is 12.6 Å². The van der Waals surface area contributed by atoms with Crippen molar-refractivity contribution in [3.63, 3.8) is 0 Å². The number of nitrogens with zero attached hydrogens (tertiary/aromatic N) is 3. The van der Waals surface area contributed by atoms with Gasteiger partial charge in [0.25, 0.3) is 0 Å². The second-order valence-corrected chi connectivity index (χ2v) is 4.81. The van der Waals surface area contributed by atoms with Crippen molar-refractivity contribution in [1.29, 1.82) is 0 Å². The molecule has 4 nitrogen and oxygen atoms in total. The summed E-state index contributed by atoms with van der Waals surface area (Å²) >= 11 is 0. The third-order valence-electron chi connectivity index (χ3n) is 3.64. The van der Waals surface area contributed by atoms with Crippen LogP contribution in [0.15, 0.2) is 36.5 Å². The highest BCUT2D eigenvalue weighted by Gasteiger charge is 2.18. The number of piperazine rings is 1. The van der Waals surface area contributed by atoms with Gasteiger partial charge in [-0.2, -0.15) is 5.10 Å². The molecule has 2 heterocycles. The molecule has 1 aliphatic heterocycles. The van der Waals surface area contributed by atoms with Gasteiger partial charge in [-0.05, 0) is 18.6 Å². The van der Waals surface area contributed by atoms with E-state index in [9.17, 15) is 0 Å². The van der Waals surface area contributed by atoms with Crippen LogP contribution in [0.2, 0.25) is 0 Å². The molecule has 0 atom stereocenters. The van der Waals surface area contributed by atoms with Gasteiger partial charge in [0.05, 0.1) is 23.3 Å². The third kappa shape index (κ3) is 2.36. The minimum absolute atomic E-state index is 0.994. The summed E-state index contributed by atoms with van der Waals surface area (Å²) < 4.78 is 2.07. The standard InChI is InChI=1S/C15H20N4/c1-2-14-15(18-10-8-16-9-11-18)12-17-19(14)13-6-4-3-5-7-13/h3-7,12,16H,2,8-11H2,1H3. The molecule has 19 heavy (non-hydrogen) atoms. The number of hydrogen-bond acceptors (Lipinski definition) is 3. The maximum absolute atomic E-state index is 4.59. The Labute approximate surface area is 114 Å². The lowest BCUT2D eigenvalue weighted by Crippen LogP contribution is -2.43. The Balaban J connectivity index is 1.96. The van der Waals surface area contributed by atoms with E-state index in [1.807, 2.05) is 12.3 Å². The number of rotatable bonds is 3. The number of anilines is 1. The second-order valence-electron chi connectivity index (χ2n) is 4.81. The van der Waals surface area contributed by atoms with Crippen molar-refractivity contribution in [2.45, 2.75) is 13.3 Å². The fraction of sp³-hybridized carbons (Fsp3) is 0.400. The number of benzene rings is 1. The summed E-state index contributed by atoms with van der Waals surface area (Å²) in [4.78, 5) is 2.43. The molecular weight excluding hydrogens is 236 g/mol. The first kappa shape index (κ1) is 12.2. The largest absolute Gasteiger partial charge is 0.366 e. The SMILES string of the molecule is CCc1c(N2CCNCC2)cnn1-c1ccccc1. The molecule has 0 bridgehead atoms. The number of aromatic nitrogens is 2. The van der Waals surface area contributed by atoms with Crippen LogP contribution >= 0.6 is 0 Å². The van der Waals surface area contributed by atoms with E-state index in [-0.39, 0.29) is 0 Å². The van der Waals surface area contributed by atoms with Crippen LogP contribution in [-0.2, 0) is 6.42 Å². The normalized spacial score (nSPS) is 15.7. The topological polar surface area (TPSA) is 33.1 Å². The predicted octanol–water partition coefficient (Wildman–Crippen LogP) is 1.84. The summed E-state index contributed by atoms with van der Waals surface area (Å²) in [5.41, 5.74) is 3.72. The smallest absolute Gasteiger partial charge is 0.0790 e. The zero-order valence-electron chi connectivity index (χ0n) is 11.3. The zero-order valence-corrected chi connectivity index (χ0v) is 11.3. The van der Waals surface area contributed by atoms with Crippen LogP contribution in [-0.4, -0.2) is 36.0 Å². The van der Waals surface area contributed by atoms with Crippen molar-refractivity contribution in [3.05, 3.63) is 42.2 Å². The second kappa shape index (κ2) is 5.45. The molecule has 1 aromatic carbocycles. The van der Waals surface area contributed by atoms with Gasteiger partial charge in [0.15, 0.2) is 0 Å². The van der Waals surface area contributed by atoms with Crippen LogP contribution in [0.4, 0.5) is 5.69 Å². The van der Waals surface area contributed by atoms with Gasteiger partial charge in [-0.25, -0.2) is 4.68 Å². The molecule has 0 amide bonds. The molecule has 1 fully saturated rings. The highest BCUT2D eigenvalue weighted by atomic mass is 15.3. The minimum atomic E-state index is 0.994. The Morgan fingerprint density at radius 2 is 1.89 bits per heavy atom. The summed E-state index contributed by atoms with van der Waals surface area (Å²) in [6.07, 6.45) is 3.01. The van der Waals surface area contributed by atoms with Gasteiger partial charge in [0, 0.05) is 26.2 Å². The summed E-state index contributed by atoms with van der Waals surface area (Å²) in [5, 5.41) is 7.98. The van der Waals surface area contributed by atoms with Gasteiger partial charge >= 0.3 is 0 Å². The Bertz CT molecular complexity index is 526. The summed E-state index contributed by atoms with van der Waals surface area (Å²) in [6.45, 7) is 6.43. The van der Waals surface area contributed by atoms with Crippen molar-refractivity contribution < 1.29 is 0 Å². The molecule has 1 N–H and O–H groups in total. The lowest BCUT2D eigenvalue weighted by molar-refractivity contribution is 0.587. The monoisotopic (exact) mass is 256 g/mol. The average Bonchev–Trinajstić information content (AvgIpc) is 2.93. The number of nitrogens with one attached hydrogen (secondary N) is 1. The van der Waals surface area contributed by atoms with Crippen LogP contribution in [0.25, 0.3) is 5.69 Å². The molecule has 3 rings (SSSR count). The lowest BCUT2D eigenvalue weighted by atomic mass is 10.2. The predicted molar refractivity (Wildman–Crippen MR) is 78.0 cm³/mol. The van der Waals surface area contributed by atoms with Crippen molar-refractivity contribution >= 4 is 5.69 Å². The molecule has 0 spiro atoms.